The molecule has 0 aromatic heterocycles. The molecule has 1 unspecified atom stereocenters. The van der Waals surface area contributed by atoms with Crippen LogP contribution in [0, 0.1) is 0 Å². The molecule has 5 heteroatoms. The van der Waals surface area contributed by atoms with Crippen LogP contribution < -0.4 is 0 Å². The summed E-state index contributed by atoms with van der Waals surface area (Å²) in [6.45, 7) is 4.34. The molecule has 3 nitrogen and oxygen atoms in total. The zero-order chi connectivity index (χ0) is 12.0. The molecule has 0 saturated heterocycles. The summed E-state index contributed by atoms with van der Waals surface area (Å²) in [5, 5.41) is 0. The molecule has 0 heterocycles. The van der Waals surface area contributed by atoms with Crippen LogP contribution in [-0.2, 0) is 13.6 Å². The van der Waals surface area contributed by atoms with Gasteiger partial charge in [0.05, 0.1) is 13.2 Å². The van der Waals surface area contributed by atoms with E-state index in [0.717, 1.165) is 5.56 Å². The lowest BCUT2D eigenvalue weighted by atomic mass is 10.2. The van der Waals surface area contributed by atoms with Gasteiger partial charge in [0.25, 0.3) is 0 Å². The van der Waals surface area contributed by atoms with Crippen LogP contribution in [0.15, 0.2) is 30.3 Å². The lowest BCUT2D eigenvalue weighted by molar-refractivity contribution is 0.219. The predicted octanol–water partition coefficient (Wildman–Crippen LogP) is 4.35. The Labute approximate surface area is 105 Å². The highest BCUT2D eigenvalue weighted by Crippen LogP contribution is 2.63. The zero-order valence-corrected chi connectivity index (χ0v) is 11.9. The van der Waals surface area contributed by atoms with Crippen LogP contribution in [0.1, 0.15) is 24.0 Å². The second kappa shape index (κ2) is 6.55. The Bertz CT molecular complexity index is 346. The van der Waals surface area contributed by atoms with E-state index >= 15 is 0 Å². The van der Waals surface area contributed by atoms with Crippen molar-refractivity contribution in [2.45, 2.75) is 18.4 Å². The molecule has 0 fully saturated rings. The van der Waals surface area contributed by atoms with Crippen LogP contribution in [0.25, 0.3) is 0 Å². The standard InChI is InChI=1S/C11H16BrO3P/c1-3-14-16(13,15-4-2)11(12)10-8-6-5-7-9-10/h5-9,11H,3-4H2,1-2H3. The first-order valence-electron chi connectivity index (χ1n) is 5.22. The summed E-state index contributed by atoms with van der Waals surface area (Å²) < 4.78 is 22.6. The van der Waals surface area contributed by atoms with Crippen molar-refractivity contribution < 1.29 is 13.6 Å². The van der Waals surface area contributed by atoms with Gasteiger partial charge in [-0.3, -0.25) is 4.57 Å². The number of halogens is 1. The highest BCUT2D eigenvalue weighted by Gasteiger charge is 2.34. The molecular formula is C11H16BrO3P. The summed E-state index contributed by atoms with van der Waals surface area (Å²) in [7, 11) is -3.12. The van der Waals surface area contributed by atoms with E-state index in [4.69, 9.17) is 9.05 Å². The molecule has 1 atom stereocenters. The van der Waals surface area contributed by atoms with Crippen LogP contribution in [0.3, 0.4) is 0 Å². The summed E-state index contributed by atoms with van der Waals surface area (Å²) in [6, 6.07) is 9.49. The van der Waals surface area contributed by atoms with E-state index in [0.29, 0.717) is 13.2 Å². The van der Waals surface area contributed by atoms with Crippen molar-refractivity contribution in [3.05, 3.63) is 35.9 Å². The number of alkyl halides is 1. The molecule has 0 aliphatic carbocycles. The minimum absolute atomic E-state index is 0.367. The molecule has 0 spiro atoms. The fourth-order valence-corrected chi connectivity index (χ4v) is 3.93. The first kappa shape index (κ1) is 13.9. The fourth-order valence-electron chi connectivity index (χ4n) is 1.32. The zero-order valence-electron chi connectivity index (χ0n) is 9.43. The minimum Gasteiger partial charge on any atom is -0.308 e. The number of hydrogen-bond acceptors (Lipinski definition) is 3. The van der Waals surface area contributed by atoms with Crippen molar-refractivity contribution in [1.29, 1.82) is 0 Å². The molecule has 16 heavy (non-hydrogen) atoms. The van der Waals surface area contributed by atoms with Gasteiger partial charge in [-0.2, -0.15) is 0 Å². The summed E-state index contributed by atoms with van der Waals surface area (Å²) in [4.78, 5) is 0. The Hall–Kier alpha value is -0.150. The number of rotatable bonds is 6. The maximum atomic E-state index is 12.4. The van der Waals surface area contributed by atoms with Gasteiger partial charge in [-0.15, -0.1) is 0 Å². The monoisotopic (exact) mass is 306 g/mol. The molecule has 1 aromatic rings. The van der Waals surface area contributed by atoms with Crippen LogP contribution in [-0.4, -0.2) is 13.2 Å². The normalized spacial score (nSPS) is 13.7. The third-order valence-corrected chi connectivity index (χ3v) is 6.09. The lowest BCUT2D eigenvalue weighted by Gasteiger charge is -2.22. The number of hydrogen-bond donors (Lipinski definition) is 0. The fraction of sp³-hybridized carbons (Fsp3) is 0.455. The maximum Gasteiger partial charge on any atom is 0.348 e. The average Bonchev–Trinajstić information content (AvgIpc) is 2.30. The lowest BCUT2D eigenvalue weighted by Crippen LogP contribution is -2.01. The molecule has 0 radical (unpaired) electrons. The largest absolute Gasteiger partial charge is 0.348 e. The van der Waals surface area contributed by atoms with Gasteiger partial charge in [-0.25, -0.2) is 0 Å². The van der Waals surface area contributed by atoms with Crippen molar-refractivity contribution in [2.24, 2.45) is 0 Å². The van der Waals surface area contributed by atoms with Crippen molar-refractivity contribution in [3.63, 3.8) is 0 Å². The van der Waals surface area contributed by atoms with Crippen molar-refractivity contribution in [1.82, 2.24) is 0 Å². The van der Waals surface area contributed by atoms with Crippen LogP contribution in [0.5, 0.6) is 0 Å². The molecule has 90 valence electrons. The summed E-state index contributed by atoms with van der Waals surface area (Å²) in [5.74, 6) is 0. The smallest absolute Gasteiger partial charge is 0.308 e. The Balaban J connectivity index is 2.91. The Morgan fingerprint density at radius 1 is 1.19 bits per heavy atom. The summed E-state index contributed by atoms with van der Waals surface area (Å²) in [6.07, 6.45) is 0. The SMILES string of the molecule is CCOP(=O)(OCC)C(Br)c1ccccc1. The Morgan fingerprint density at radius 3 is 2.12 bits per heavy atom. The van der Waals surface area contributed by atoms with E-state index in [-0.39, 0.29) is 0 Å². The van der Waals surface area contributed by atoms with Crippen molar-refractivity contribution >= 4 is 23.5 Å². The van der Waals surface area contributed by atoms with Crippen molar-refractivity contribution in [3.8, 4) is 0 Å². The maximum absolute atomic E-state index is 12.4. The molecule has 0 N–H and O–H groups in total. The number of benzene rings is 1. The summed E-state index contributed by atoms with van der Waals surface area (Å²) >= 11 is 3.40. The van der Waals surface area contributed by atoms with Gasteiger partial charge in [0.15, 0.2) is 0 Å². The van der Waals surface area contributed by atoms with Gasteiger partial charge in [-0.1, -0.05) is 46.3 Å². The molecule has 0 bridgehead atoms. The highest BCUT2D eigenvalue weighted by atomic mass is 79.9. The second-order valence-electron chi connectivity index (χ2n) is 3.12. The minimum atomic E-state index is -3.12. The topological polar surface area (TPSA) is 35.5 Å². The molecule has 0 amide bonds. The third-order valence-electron chi connectivity index (χ3n) is 1.97. The third kappa shape index (κ3) is 3.42. The second-order valence-corrected chi connectivity index (χ2v) is 6.86. The first-order chi connectivity index (χ1) is 7.64. The average molecular weight is 307 g/mol. The van der Waals surface area contributed by atoms with Crippen molar-refractivity contribution in [2.75, 3.05) is 13.2 Å². The van der Waals surface area contributed by atoms with Gasteiger partial charge in [0.2, 0.25) is 0 Å². The Morgan fingerprint density at radius 2 is 1.69 bits per heavy atom. The summed E-state index contributed by atoms with van der Waals surface area (Å²) in [5.41, 5.74) is 0.896. The van der Waals surface area contributed by atoms with E-state index in [2.05, 4.69) is 15.9 Å². The Kier molecular flexibility index (Phi) is 5.70. The highest BCUT2D eigenvalue weighted by molar-refractivity contribution is 9.10. The van der Waals surface area contributed by atoms with Crippen LogP contribution >= 0.6 is 23.5 Å². The molecule has 1 rings (SSSR count). The van der Waals surface area contributed by atoms with Gasteiger partial charge in [0, 0.05) is 0 Å². The van der Waals surface area contributed by atoms with E-state index in [1.54, 1.807) is 13.8 Å². The van der Waals surface area contributed by atoms with E-state index < -0.39 is 12.2 Å². The van der Waals surface area contributed by atoms with Crippen LogP contribution in [0.4, 0.5) is 0 Å². The van der Waals surface area contributed by atoms with Gasteiger partial charge in [-0.05, 0) is 19.4 Å². The molecule has 0 aliphatic heterocycles. The molecule has 0 aliphatic rings. The van der Waals surface area contributed by atoms with Gasteiger partial charge >= 0.3 is 7.60 Å². The molecule has 1 aromatic carbocycles. The first-order valence-corrected chi connectivity index (χ1v) is 7.74. The van der Waals surface area contributed by atoms with E-state index in [9.17, 15) is 4.57 Å². The predicted molar refractivity (Wildman–Crippen MR) is 69.0 cm³/mol. The van der Waals surface area contributed by atoms with Gasteiger partial charge < -0.3 is 9.05 Å². The van der Waals surface area contributed by atoms with E-state index in [1.165, 1.54) is 0 Å². The quantitative estimate of drug-likeness (QED) is 0.579. The van der Waals surface area contributed by atoms with Gasteiger partial charge in [0.1, 0.15) is 4.57 Å². The molecular weight excluding hydrogens is 291 g/mol. The van der Waals surface area contributed by atoms with E-state index in [1.807, 2.05) is 30.3 Å². The van der Waals surface area contributed by atoms with Crippen LogP contribution in [0.2, 0.25) is 0 Å². The molecule has 0 saturated carbocycles.